The van der Waals surface area contributed by atoms with Crippen molar-refractivity contribution in [1.82, 2.24) is 49.9 Å². The Kier molecular flexibility index (Phi) is 44.6. The minimum Gasteiger partial charge on any atom is -0.423 e. The van der Waals surface area contributed by atoms with Crippen LogP contribution in [0.3, 0.4) is 0 Å². The van der Waals surface area contributed by atoms with Crippen LogP contribution in [0.2, 0.25) is 54.5 Å². The van der Waals surface area contributed by atoms with E-state index in [2.05, 4.69) is 162 Å². The van der Waals surface area contributed by atoms with Crippen LogP contribution in [0, 0.1) is 92.4 Å². The molecule has 0 aliphatic heterocycles. The molecule has 0 spiro atoms. The van der Waals surface area contributed by atoms with Crippen LogP contribution in [0.25, 0.3) is 66.7 Å². The van der Waals surface area contributed by atoms with E-state index in [1.807, 2.05) is 118 Å². The zero-order valence-electron chi connectivity index (χ0n) is 72.1. The lowest BCUT2D eigenvalue weighted by Crippen LogP contribution is -2.29. The van der Waals surface area contributed by atoms with Crippen LogP contribution in [0.4, 0.5) is 29.1 Å². The van der Waals surface area contributed by atoms with Crippen LogP contribution in [0.5, 0.6) is 0 Å². The molecule has 5 aromatic carbocycles. The van der Waals surface area contributed by atoms with Crippen molar-refractivity contribution in [3.05, 3.63) is 312 Å². The van der Waals surface area contributed by atoms with Gasteiger partial charge in [0.1, 0.15) is 56.1 Å². The van der Waals surface area contributed by atoms with E-state index in [0.29, 0.717) is 119 Å². The van der Waals surface area contributed by atoms with E-state index in [9.17, 15) is 0 Å². The maximum absolute atomic E-state index is 9.13. The van der Waals surface area contributed by atoms with Crippen LogP contribution in [0.15, 0.2) is 230 Å². The lowest BCUT2D eigenvalue weighted by atomic mass is 9.80. The first-order valence-corrected chi connectivity index (χ1v) is 47.3. The van der Waals surface area contributed by atoms with Crippen molar-refractivity contribution in [1.29, 1.82) is 26.3 Å². The Bertz CT molecular complexity index is 6140. The van der Waals surface area contributed by atoms with Crippen LogP contribution >= 0.6 is 34.8 Å². The van der Waals surface area contributed by atoms with Crippen molar-refractivity contribution >= 4 is 92.6 Å². The Morgan fingerprint density at radius 3 is 1.21 bits per heavy atom. The lowest BCUT2D eigenvalue weighted by molar-refractivity contribution is 0.425. The Morgan fingerprint density at radius 2 is 0.810 bits per heavy atom. The van der Waals surface area contributed by atoms with Gasteiger partial charge in [0.15, 0.2) is 0 Å². The molecule has 0 atom stereocenters. The molecule has 8 heterocycles. The number of pyridine rings is 7. The third-order valence-corrected chi connectivity index (χ3v) is 18.0. The largest absolute Gasteiger partial charge is 0.488 e. The Labute approximate surface area is 755 Å². The number of nitrogens with two attached hydrogens (primary N) is 5. The lowest BCUT2D eigenvalue weighted by Gasteiger charge is -2.06. The average Bonchev–Trinajstić information content (AvgIpc) is 1.36. The highest BCUT2D eigenvalue weighted by atomic mass is 35.5. The van der Waals surface area contributed by atoms with Gasteiger partial charge < -0.3 is 38.7 Å². The summed E-state index contributed by atoms with van der Waals surface area (Å²) in [4.78, 5) is 32.3. The zero-order chi connectivity index (χ0) is 93.3. The Hall–Kier alpha value is -15.0. The highest BCUT2D eigenvalue weighted by molar-refractivity contribution is 6.84. The number of anilines is 5. The second-order valence-corrected chi connectivity index (χ2v) is 39.2. The highest BCUT2D eigenvalue weighted by Gasteiger charge is 2.15. The molecule has 31 heteroatoms. The molecule has 0 unspecified atom stereocenters. The molecule has 13 aromatic rings. The van der Waals surface area contributed by atoms with Crippen molar-refractivity contribution < 1.29 is 10.0 Å². The van der Waals surface area contributed by atoms with Gasteiger partial charge in [-0.3, -0.25) is 9.97 Å². The third kappa shape index (κ3) is 38.8. The zero-order valence-corrected chi connectivity index (χ0v) is 76.4. The van der Waals surface area contributed by atoms with Gasteiger partial charge in [-0.15, -0.1) is 29.0 Å². The topological polar surface area (TPSA) is 459 Å². The van der Waals surface area contributed by atoms with Gasteiger partial charge in [-0.2, -0.15) is 26.3 Å². The van der Waals surface area contributed by atoms with Gasteiger partial charge in [0.2, 0.25) is 0 Å². The maximum Gasteiger partial charge on any atom is 0.488 e. The second-order valence-electron chi connectivity index (χ2n) is 28.4. The number of terminal acetylenes is 2. The molecule has 0 fully saturated rings. The molecule has 0 amide bonds. The molecule has 8 aromatic heterocycles. The number of nitriles is 5. The molecule has 13 rings (SSSR count). The fraction of sp³-hybridized carbons (Fsp3) is 0.179. The van der Waals surface area contributed by atoms with Gasteiger partial charge in [-0.05, 0) is 169 Å². The molecule has 0 saturated carbocycles. The van der Waals surface area contributed by atoms with E-state index in [4.69, 9.17) is 118 Å². The van der Waals surface area contributed by atoms with Gasteiger partial charge in [-0.25, -0.2) is 29.6 Å². The molecule has 126 heavy (non-hydrogen) atoms. The van der Waals surface area contributed by atoms with Crippen molar-refractivity contribution in [2.24, 2.45) is 5.11 Å². The SMILES string of the molecule is C#C[Si](C)(C)C.C#Cc1cc(N)nc(-c2cccc(C#N)c2)c1.CC.CCC.CCc1cccc(CN=[N+]=[N-])n1.CCc1cccc(Cn2cc(-c3cc(N)nc(-c4cccc(C#N)c4)c3)nn2)n1.C[Si](C)(C)C#Cc1cc(N)nc(-c2cccc(C#N)c2)c1.N#Cc1cccc(-c2cc(Cl)cc(N)n2)c1.N#Cc1cccc(B(O)O)c1.Nc1cc(Cl)cc(Cl)n1. The van der Waals surface area contributed by atoms with Gasteiger partial charge in [0, 0.05) is 71.0 Å². The smallest absolute Gasteiger partial charge is 0.423 e. The van der Waals surface area contributed by atoms with Gasteiger partial charge in [-0.1, -0.05) is 217 Å². The number of nitrogens with zero attached hydrogens (tertiary/aromatic N) is 18. The second kappa shape index (κ2) is 54.4. The molecular formula is C95H97BCl3N23O2Si2. The predicted octanol–water partition coefficient (Wildman–Crippen LogP) is 19.5. The summed E-state index contributed by atoms with van der Waals surface area (Å²) in [5.74, 6) is 7.61. The molecule has 0 aliphatic carbocycles. The number of benzene rings is 5. The fourth-order valence-corrected chi connectivity index (χ4v) is 11.2. The molecule has 0 bridgehead atoms. The molecule has 636 valence electrons. The van der Waals surface area contributed by atoms with Crippen LogP contribution in [-0.2, 0) is 25.9 Å². The fourth-order valence-electron chi connectivity index (χ4n) is 9.98. The van der Waals surface area contributed by atoms with Crippen molar-refractivity contribution in [2.45, 2.75) is 113 Å². The highest BCUT2D eigenvalue weighted by Crippen LogP contribution is 2.29. The quantitative estimate of drug-likeness (QED) is 0.0149. The van der Waals surface area contributed by atoms with Crippen LogP contribution < -0.4 is 34.1 Å². The normalized spacial score (nSPS) is 9.67. The minimum atomic E-state index is -1.50. The minimum absolute atomic E-state index is 0.319. The van der Waals surface area contributed by atoms with E-state index in [1.165, 1.54) is 24.6 Å². The number of azide groups is 1. The Morgan fingerprint density at radius 1 is 0.437 bits per heavy atom. The van der Waals surface area contributed by atoms with Gasteiger partial charge >= 0.3 is 7.12 Å². The summed E-state index contributed by atoms with van der Waals surface area (Å²) in [6.45, 7) is 26.3. The third-order valence-electron chi connectivity index (χ3n) is 15.7. The summed E-state index contributed by atoms with van der Waals surface area (Å²) in [6.07, 6.45) is 15.4. The molecular weight excluding hydrogens is 1670 g/mol. The average molecular weight is 1770 g/mol. The standard InChI is InChI=1S/C22H19N7.C17H17N3Si.C14H9N3.C12H8ClN3.C8H10N4.C7H6BNO2.C5H4Cl2N2.C5H10Si.C3H8.C2H6/c1-2-18-7-4-8-19(25-18)13-29-14-21(27-28-29)17-10-20(26-22(24)11-17)16-6-3-5-15(9-16)12-23;1-21(2,3)8-7-13-10-16(20-17(19)11-13)15-6-4-5-14(9-15)12-18;1-2-10-7-13(17-14(16)8-10)12-5-3-4-11(6-12)9-15;13-10-5-11(16-12(15)6-10)9-3-1-2-8(4-9)7-14;1-2-7-4-3-5-8(11-7)6-10-12-9;9-5-6-2-1-3-7(4-6)8(10)11;6-3-1-4(7)9-5(8)2-3;1-5-6(2,3)4;1-3-2;1-2/h3-11,14H,2,13H2,1H3,(H2,24,26);4-6,9-11H,1-3H3,(H2,19,20);1,3-8H,(H2,16,17);1-6H,(H2,15,16);3-5H,2,6H2,1H3;1-4,10-11H;1-2H,(H2,8,9);1H,2-4H3;3H2,1-2H3;1-2H3. The molecule has 12 N–H and O–H groups in total. The van der Waals surface area contributed by atoms with E-state index in [1.54, 1.807) is 120 Å². The van der Waals surface area contributed by atoms with E-state index < -0.39 is 23.3 Å². The molecule has 0 saturated heterocycles. The molecule has 0 aliphatic rings. The predicted molar refractivity (Wildman–Crippen MR) is 516 cm³/mol. The summed E-state index contributed by atoms with van der Waals surface area (Å²) in [5, 5.41) is 74.9. The maximum atomic E-state index is 9.13. The summed E-state index contributed by atoms with van der Waals surface area (Å²) in [7, 11) is -4.03. The summed E-state index contributed by atoms with van der Waals surface area (Å²) >= 11 is 16.9. The summed E-state index contributed by atoms with van der Waals surface area (Å²) < 4.78 is 1.75. The van der Waals surface area contributed by atoms with Crippen molar-refractivity contribution in [3.8, 4) is 122 Å². The van der Waals surface area contributed by atoms with E-state index >= 15 is 0 Å². The van der Waals surface area contributed by atoms with E-state index in [-0.39, 0.29) is 0 Å². The summed E-state index contributed by atoms with van der Waals surface area (Å²) in [6, 6.07) is 74.3. The van der Waals surface area contributed by atoms with Crippen molar-refractivity contribution in [2.75, 3.05) is 28.7 Å². The number of aromatic nitrogens is 10. The summed E-state index contributed by atoms with van der Waals surface area (Å²) in [5.41, 5.74) is 58.7. The van der Waals surface area contributed by atoms with Crippen LogP contribution in [-0.4, -0.2) is 83.2 Å². The van der Waals surface area contributed by atoms with Gasteiger partial charge in [0.05, 0.1) is 106 Å². The monoisotopic (exact) mass is 1760 g/mol. The number of nitrogen functional groups attached to an aromatic ring is 5. The number of halogens is 3. The first-order chi connectivity index (χ1) is 60.2. The first kappa shape index (κ1) is 103. The first-order valence-electron chi connectivity index (χ1n) is 39.2. The number of rotatable bonds is 12. The number of hydrogen-bond acceptors (Lipinski definition) is 22. The Balaban J connectivity index is 0.000000310. The van der Waals surface area contributed by atoms with Gasteiger partial charge in [0.25, 0.3) is 0 Å². The van der Waals surface area contributed by atoms with Crippen molar-refractivity contribution in [3.63, 3.8) is 0 Å². The number of hydrogen-bond donors (Lipinski definition) is 7. The number of aryl methyl sites for hydroxylation is 2. The molecule has 0 radical (unpaired) electrons. The van der Waals surface area contributed by atoms with Crippen LogP contribution in [0.1, 0.15) is 110 Å². The molecule has 25 nitrogen and oxygen atoms in total. The van der Waals surface area contributed by atoms with E-state index in [0.717, 1.165) is 74.7 Å².